The Bertz CT molecular complexity index is 678. The zero-order chi connectivity index (χ0) is 16.4. The Morgan fingerprint density at radius 2 is 2.21 bits per heavy atom. The molecule has 1 aliphatic rings. The van der Waals surface area contributed by atoms with E-state index in [1.807, 2.05) is 13.1 Å². The van der Waals surface area contributed by atoms with Gasteiger partial charge in [0.1, 0.15) is 5.82 Å². The molecule has 3 rings (SSSR count). The van der Waals surface area contributed by atoms with E-state index in [4.69, 9.17) is 4.52 Å². The van der Waals surface area contributed by atoms with Gasteiger partial charge in [0.25, 0.3) is 0 Å². The average molecular weight is 355 g/mol. The predicted octanol–water partition coefficient (Wildman–Crippen LogP) is 3.35. The molecule has 5 nitrogen and oxygen atoms in total. The summed E-state index contributed by atoms with van der Waals surface area (Å²) in [5.41, 5.74) is 1.25. The molecule has 0 saturated carbocycles. The van der Waals surface area contributed by atoms with Crippen LogP contribution in [0, 0.1) is 12.7 Å². The molecule has 1 aromatic heterocycles. The van der Waals surface area contributed by atoms with Gasteiger partial charge in [0.2, 0.25) is 11.7 Å². The minimum atomic E-state index is -0.255. The van der Waals surface area contributed by atoms with E-state index in [2.05, 4.69) is 27.3 Å². The quantitative estimate of drug-likeness (QED) is 0.912. The first-order valence-corrected chi connectivity index (χ1v) is 8.10. The first kappa shape index (κ1) is 18.8. The van der Waals surface area contributed by atoms with Crippen LogP contribution in [0.25, 0.3) is 11.4 Å². The highest BCUT2D eigenvalue weighted by atomic mass is 35.5. The van der Waals surface area contributed by atoms with Crippen LogP contribution < -0.4 is 5.32 Å². The van der Waals surface area contributed by atoms with Gasteiger partial charge in [-0.15, -0.1) is 12.4 Å². The van der Waals surface area contributed by atoms with Gasteiger partial charge in [0.15, 0.2) is 0 Å². The molecule has 132 valence electrons. The first-order valence-electron chi connectivity index (χ1n) is 8.10. The van der Waals surface area contributed by atoms with Crippen molar-refractivity contribution in [3.63, 3.8) is 0 Å². The maximum atomic E-state index is 13.7. The predicted molar refractivity (Wildman–Crippen MR) is 93.7 cm³/mol. The molecule has 2 aromatic rings. The number of hydrogen-bond donors (Lipinski definition) is 1. The van der Waals surface area contributed by atoms with Crippen molar-refractivity contribution in [3.05, 3.63) is 35.5 Å². The number of aryl methyl sites for hydroxylation is 1. The summed E-state index contributed by atoms with van der Waals surface area (Å²) in [5, 5.41) is 7.35. The van der Waals surface area contributed by atoms with Gasteiger partial charge in [-0.05, 0) is 51.9 Å². The van der Waals surface area contributed by atoms with Crippen LogP contribution in [0.2, 0.25) is 0 Å². The molecule has 7 heteroatoms. The fourth-order valence-electron chi connectivity index (χ4n) is 3.00. The van der Waals surface area contributed by atoms with Crippen molar-refractivity contribution in [1.82, 2.24) is 20.4 Å². The van der Waals surface area contributed by atoms with E-state index < -0.39 is 0 Å². The van der Waals surface area contributed by atoms with Crippen LogP contribution in [0.3, 0.4) is 0 Å². The Morgan fingerprint density at radius 3 is 2.92 bits per heavy atom. The van der Waals surface area contributed by atoms with Crippen molar-refractivity contribution in [3.8, 4) is 11.4 Å². The summed E-state index contributed by atoms with van der Waals surface area (Å²) in [4.78, 5) is 6.82. The van der Waals surface area contributed by atoms with Crippen LogP contribution in [-0.4, -0.2) is 41.2 Å². The number of aromatic nitrogens is 2. The van der Waals surface area contributed by atoms with Crippen LogP contribution in [0.1, 0.15) is 37.3 Å². The highest BCUT2D eigenvalue weighted by Crippen LogP contribution is 2.26. The lowest BCUT2D eigenvalue weighted by Gasteiger charge is -2.35. The Labute approximate surface area is 148 Å². The fourth-order valence-corrected chi connectivity index (χ4v) is 3.00. The van der Waals surface area contributed by atoms with Gasteiger partial charge >= 0.3 is 0 Å². The Morgan fingerprint density at radius 1 is 1.42 bits per heavy atom. The van der Waals surface area contributed by atoms with Gasteiger partial charge < -0.3 is 9.84 Å². The minimum Gasteiger partial charge on any atom is -0.337 e. The standard InChI is InChI=1S/C17H23FN4O.ClH/c1-11-6-7-13(9-15(11)18)16-20-17(23-21-16)12(2)22-8-4-5-14(10-22)19-3;/h6-7,9,12,14,19H,4-5,8,10H2,1-3H3;1H. The highest BCUT2D eigenvalue weighted by Gasteiger charge is 2.27. The molecule has 0 spiro atoms. The molecule has 0 amide bonds. The van der Waals surface area contributed by atoms with Gasteiger partial charge in [-0.1, -0.05) is 17.3 Å². The van der Waals surface area contributed by atoms with Crippen LogP contribution in [-0.2, 0) is 0 Å². The van der Waals surface area contributed by atoms with Gasteiger partial charge in [0.05, 0.1) is 6.04 Å². The molecule has 2 atom stereocenters. The molecule has 1 fully saturated rings. The smallest absolute Gasteiger partial charge is 0.244 e. The molecule has 0 radical (unpaired) electrons. The zero-order valence-electron chi connectivity index (χ0n) is 14.3. The molecule has 0 aliphatic carbocycles. The van der Waals surface area contributed by atoms with E-state index in [0.29, 0.717) is 28.9 Å². The topological polar surface area (TPSA) is 54.2 Å². The maximum absolute atomic E-state index is 13.7. The largest absolute Gasteiger partial charge is 0.337 e. The number of likely N-dealkylation sites (tertiary alicyclic amines) is 1. The average Bonchev–Trinajstić information content (AvgIpc) is 3.06. The molecule has 1 saturated heterocycles. The highest BCUT2D eigenvalue weighted by molar-refractivity contribution is 5.85. The summed E-state index contributed by atoms with van der Waals surface area (Å²) >= 11 is 0. The van der Waals surface area contributed by atoms with Crippen molar-refractivity contribution < 1.29 is 8.91 Å². The molecule has 2 heterocycles. The maximum Gasteiger partial charge on any atom is 0.244 e. The molecule has 2 unspecified atom stereocenters. The van der Waals surface area contributed by atoms with Gasteiger partial charge in [-0.3, -0.25) is 4.90 Å². The van der Waals surface area contributed by atoms with Crippen LogP contribution in [0.4, 0.5) is 4.39 Å². The summed E-state index contributed by atoms with van der Waals surface area (Å²) in [6.45, 7) is 5.80. The van der Waals surface area contributed by atoms with Crippen molar-refractivity contribution in [2.75, 3.05) is 20.1 Å². The number of halogens is 2. The fraction of sp³-hybridized carbons (Fsp3) is 0.529. The summed E-state index contributed by atoms with van der Waals surface area (Å²) < 4.78 is 19.1. The number of nitrogens with zero attached hydrogens (tertiary/aromatic N) is 3. The van der Waals surface area contributed by atoms with Gasteiger partial charge in [-0.25, -0.2) is 4.39 Å². The van der Waals surface area contributed by atoms with E-state index in [0.717, 1.165) is 19.5 Å². The Kier molecular flexibility index (Phi) is 6.32. The van der Waals surface area contributed by atoms with Gasteiger partial charge in [-0.2, -0.15) is 4.98 Å². The molecule has 1 aliphatic heterocycles. The Balaban J connectivity index is 0.00000208. The molecule has 1 aromatic carbocycles. The second kappa shape index (κ2) is 8.05. The van der Waals surface area contributed by atoms with Crippen molar-refractivity contribution in [2.24, 2.45) is 0 Å². The van der Waals surface area contributed by atoms with E-state index in [-0.39, 0.29) is 24.3 Å². The van der Waals surface area contributed by atoms with Crippen molar-refractivity contribution >= 4 is 12.4 Å². The number of piperidine rings is 1. The second-order valence-electron chi connectivity index (χ2n) is 6.22. The number of likely N-dealkylation sites (N-methyl/N-ethyl adjacent to an activating group) is 1. The van der Waals surface area contributed by atoms with Gasteiger partial charge in [0, 0.05) is 18.2 Å². The molecule has 1 N–H and O–H groups in total. The van der Waals surface area contributed by atoms with Crippen molar-refractivity contribution in [2.45, 2.75) is 38.8 Å². The summed E-state index contributed by atoms with van der Waals surface area (Å²) in [6, 6.07) is 5.55. The molecular formula is C17H24ClFN4O. The summed E-state index contributed by atoms with van der Waals surface area (Å²) in [7, 11) is 2.00. The number of nitrogens with one attached hydrogen (secondary N) is 1. The number of hydrogen-bond acceptors (Lipinski definition) is 5. The van der Waals surface area contributed by atoms with E-state index in [1.54, 1.807) is 13.0 Å². The van der Waals surface area contributed by atoms with E-state index in [1.165, 1.54) is 12.5 Å². The lowest BCUT2D eigenvalue weighted by atomic mass is 10.0. The third-order valence-corrected chi connectivity index (χ3v) is 4.64. The lowest BCUT2D eigenvalue weighted by Crippen LogP contribution is -2.45. The Hall–Kier alpha value is -1.50. The second-order valence-corrected chi connectivity index (χ2v) is 6.22. The SMILES string of the molecule is CNC1CCCN(C(C)c2nc(-c3ccc(C)c(F)c3)no2)C1.Cl. The summed E-state index contributed by atoms with van der Waals surface area (Å²) in [6.07, 6.45) is 2.34. The van der Waals surface area contributed by atoms with Crippen LogP contribution in [0.5, 0.6) is 0 Å². The van der Waals surface area contributed by atoms with E-state index >= 15 is 0 Å². The summed E-state index contributed by atoms with van der Waals surface area (Å²) in [5.74, 6) is 0.764. The first-order chi connectivity index (χ1) is 11.1. The van der Waals surface area contributed by atoms with Crippen LogP contribution >= 0.6 is 12.4 Å². The zero-order valence-corrected chi connectivity index (χ0v) is 15.1. The lowest BCUT2D eigenvalue weighted by molar-refractivity contribution is 0.126. The van der Waals surface area contributed by atoms with Crippen LogP contribution in [0.15, 0.2) is 22.7 Å². The normalized spacial score (nSPS) is 19.8. The van der Waals surface area contributed by atoms with E-state index in [9.17, 15) is 4.39 Å². The van der Waals surface area contributed by atoms with Crippen molar-refractivity contribution in [1.29, 1.82) is 0 Å². The monoisotopic (exact) mass is 354 g/mol. The minimum absolute atomic E-state index is 0. The molecule has 24 heavy (non-hydrogen) atoms. The third-order valence-electron chi connectivity index (χ3n) is 4.64. The number of benzene rings is 1. The molecular weight excluding hydrogens is 331 g/mol. The number of rotatable bonds is 4. The third kappa shape index (κ3) is 3.94. The molecule has 0 bridgehead atoms.